The Bertz CT molecular complexity index is 581. The first-order valence-corrected chi connectivity index (χ1v) is 8.33. The van der Waals surface area contributed by atoms with Crippen LogP contribution in [0.25, 0.3) is 0 Å². The second-order valence-corrected chi connectivity index (χ2v) is 7.22. The summed E-state index contributed by atoms with van der Waals surface area (Å²) in [7, 11) is -3.67. The Morgan fingerprint density at radius 3 is 2.15 bits per heavy atom. The van der Waals surface area contributed by atoms with E-state index >= 15 is 0 Å². The van der Waals surface area contributed by atoms with Gasteiger partial charge in [-0.05, 0) is 32.0 Å². The third-order valence-corrected chi connectivity index (χ3v) is 3.75. The summed E-state index contributed by atoms with van der Waals surface area (Å²) in [5.41, 5.74) is 0.214. The number of anilines is 1. The molecule has 5 nitrogen and oxygen atoms in total. The first kappa shape index (κ1) is 17.1. The van der Waals surface area contributed by atoms with Gasteiger partial charge < -0.3 is 4.74 Å². The Hall–Kier alpha value is -0.980. The first-order valence-electron chi connectivity index (χ1n) is 5.73. The van der Waals surface area contributed by atoms with Crippen LogP contribution in [0.15, 0.2) is 18.2 Å². The topological polar surface area (TPSA) is 63.7 Å². The maximum atomic E-state index is 11.8. The van der Waals surface area contributed by atoms with E-state index in [1.165, 1.54) is 18.2 Å². The van der Waals surface area contributed by atoms with Gasteiger partial charge in [-0.25, -0.2) is 8.42 Å². The molecule has 0 amide bonds. The summed E-state index contributed by atoms with van der Waals surface area (Å²) in [6.45, 7) is 2.92. The zero-order valence-electron chi connectivity index (χ0n) is 11.3. The number of ether oxygens (including phenoxy) is 1. The van der Waals surface area contributed by atoms with Crippen molar-refractivity contribution >= 4 is 44.9 Å². The number of hydrogen-bond acceptors (Lipinski definition) is 4. The van der Waals surface area contributed by atoms with Gasteiger partial charge in [-0.15, -0.1) is 0 Å². The summed E-state index contributed by atoms with van der Waals surface area (Å²) in [4.78, 5) is 11.7. The van der Waals surface area contributed by atoms with Crippen molar-refractivity contribution in [3.05, 3.63) is 28.2 Å². The number of benzene rings is 1. The number of esters is 1. The summed E-state index contributed by atoms with van der Waals surface area (Å²) in [5, 5.41) is 0.553. The van der Waals surface area contributed by atoms with E-state index in [2.05, 4.69) is 0 Å². The molecule has 0 bridgehead atoms. The minimum absolute atomic E-state index is 0.214. The van der Waals surface area contributed by atoms with Crippen LogP contribution in [0.5, 0.6) is 0 Å². The van der Waals surface area contributed by atoms with E-state index in [0.29, 0.717) is 0 Å². The number of halogens is 2. The van der Waals surface area contributed by atoms with Gasteiger partial charge >= 0.3 is 5.97 Å². The van der Waals surface area contributed by atoms with Crippen molar-refractivity contribution < 1.29 is 17.9 Å². The van der Waals surface area contributed by atoms with Gasteiger partial charge in [0.1, 0.15) is 6.54 Å². The van der Waals surface area contributed by atoms with Crippen LogP contribution in [-0.4, -0.2) is 33.3 Å². The summed E-state index contributed by atoms with van der Waals surface area (Å²) in [5.74, 6) is -0.651. The average molecular weight is 340 g/mol. The Morgan fingerprint density at radius 1 is 1.25 bits per heavy atom. The molecule has 0 fully saturated rings. The first-order chi connectivity index (χ1) is 9.09. The van der Waals surface area contributed by atoms with Crippen molar-refractivity contribution in [2.45, 2.75) is 20.0 Å². The molecule has 0 aliphatic carbocycles. The fourth-order valence-corrected chi connectivity index (χ4v) is 2.84. The number of carbonyl (C=O) groups excluding carboxylic acids is 1. The zero-order chi connectivity index (χ0) is 15.5. The Kier molecular flexibility index (Phi) is 5.68. The van der Waals surface area contributed by atoms with E-state index in [4.69, 9.17) is 27.9 Å². The van der Waals surface area contributed by atoms with Crippen LogP contribution in [0.4, 0.5) is 5.69 Å². The molecule has 0 saturated carbocycles. The minimum Gasteiger partial charge on any atom is -0.462 e. The van der Waals surface area contributed by atoms with Crippen molar-refractivity contribution in [2.24, 2.45) is 0 Å². The molecule has 0 saturated heterocycles. The van der Waals surface area contributed by atoms with Gasteiger partial charge in [0.15, 0.2) is 0 Å². The van der Waals surface area contributed by atoms with E-state index in [9.17, 15) is 13.2 Å². The Labute approximate surface area is 128 Å². The Morgan fingerprint density at radius 2 is 1.75 bits per heavy atom. The van der Waals surface area contributed by atoms with Gasteiger partial charge in [0.05, 0.1) is 18.0 Å². The largest absolute Gasteiger partial charge is 0.462 e. The molecule has 0 radical (unpaired) electrons. The Balaban J connectivity index is 3.11. The van der Waals surface area contributed by atoms with Crippen LogP contribution in [-0.2, 0) is 19.6 Å². The number of carbonyl (C=O) groups is 1. The highest BCUT2D eigenvalue weighted by Crippen LogP contribution is 2.26. The van der Waals surface area contributed by atoms with Gasteiger partial charge in [-0.3, -0.25) is 9.10 Å². The normalized spacial score (nSPS) is 11.5. The smallest absolute Gasteiger partial charge is 0.327 e. The fraction of sp³-hybridized carbons (Fsp3) is 0.417. The van der Waals surface area contributed by atoms with Crippen LogP contribution in [0.2, 0.25) is 10.0 Å². The monoisotopic (exact) mass is 339 g/mol. The second-order valence-electron chi connectivity index (χ2n) is 4.44. The molecule has 20 heavy (non-hydrogen) atoms. The quantitative estimate of drug-likeness (QED) is 0.773. The van der Waals surface area contributed by atoms with Crippen LogP contribution in [0, 0.1) is 0 Å². The lowest BCUT2D eigenvalue weighted by Crippen LogP contribution is -2.36. The predicted octanol–water partition coefficient (Wildman–Crippen LogP) is 2.71. The molecule has 1 aromatic rings. The summed E-state index contributed by atoms with van der Waals surface area (Å²) in [6.07, 6.45) is 0.664. The molecule has 0 spiro atoms. The zero-order valence-corrected chi connectivity index (χ0v) is 13.6. The van der Waals surface area contributed by atoms with Crippen LogP contribution in [0.1, 0.15) is 13.8 Å². The van der Waals surface area contributed by atoms with Gasteiger partial charge in [0.25, 0.3) is 0 Å². The van der Waals surface area contributed by atoms with Crippen molar-refractivity contribution in [1.29, 1.82) is 0 Å². The third-order valence-electron chi connectivity index (χ3n) is 2.18. The van der Waals surface area contributed by atoms with Crippen LogP contribution < -0.4 is 4.31 Å². The van der Waals surface area contributed by atoms with Crippen molar-refractivity contribution in [3.63, 3.8) is 0 Å². The lowest BCUT2D eigenvalue weighted by molar-refractivity contribution is -0.145. The number of hydrogen-bond donors (Lipinski definition) is 0. The number of nitrogens with zero attached hydrogens (tertiary/aromatic N) is 1. The molecule has 0 unspecified atom stereocenters. The fourth-order valence-electron chi connectivity index (χ4n) is 1.50. The molecule has 0 aliphatic heterocycles. The lowest BCUT2D eigenvalue weighted by Gasteiger charge is -2.22. The summed E-state index contributed by atoms with van der Waals surface area (Å²) >= 11 is 11.7. The number of rotatable bonds is 5. The third kappa shape index (κ3) is 5.19. The van der Waals surface area contributed by atoms with E-state index in [-0.39, 0.29) is 21.8 Å². The highest BCUT2D eigenvalue weighted by molar-refractivity contribution is 7.92. The summed E-state index contributed by atoms with van der Waals surface area (Å²) in [6, 6.07) is 4.30. The standard InChI is InChI=1S/C12H15Cl2NO4S/c1-8(2)19-12(16)7-15(20(3,17)18)11-5-9(13)4-10(14)6-11/h4-6,8H,7H2,1-3H3. The highest BCUT2D eigenvalue weighted by atomic mass is 35.5. The van der Waals surface area contributed by atoms with E-state index in [1.807, 2.05) is 0 Å². The van der Waals surface area contributed by atoms with E-state index in [1.54, 1.807) is 13.8 Å². The van der Waals surface area contributed by atoms with Crippen LogP contribution >= 0.6 is 23.2 Å². The van der Waals surface area contributed by atoms with Crippen molar-refractivity contribution in [1.82, 2.24) is 0 Å². The molecule has 0 aromatic heterocycles. The molecule has 8 heteroatoms. The second kappa shape index (κ2) is 6.65. The molecule has 0 heterocycles. The average Bonchev–Trinajstić information content (AvgIpc) is 2.21. The van der Waals surface area contributed by atoms with Crippen molar-refractivity contribution in [2.75, 3.05) is 17.1 Å². The highest BCUT2D eigenvalue weighted by Gasteiger charge is 2.22. The van der Waals surface area contributed by atoms with E-state index < -0.39 is 22.5 Å². The van der Waals surface area contributed by atoms with E-state index in [0.717, 1.165) is 10.6 Å². The number of sulfonamides is 1. The molecule has 0 atom stereocenters. The maximum absolute atomic E-state index is 11.8. The lowest BCUT2D eigenvalue weighted by atomic mass is 10.3. The minimum atomic E-state index is -3.67. The molecular weight excluding hydrogens is 325 g/mol. The SMILES string of the molecule is CC(C)OC(=O)CN(c1cc(Cl)cc(Cl)c1)S(C)(=O)=O. The maximum Gasteiger partial charge on any atom is 0.327 e. The molecule has 112 valence electrons. The van der Waals surface area contributed by atoms with Crippen molar-refractivity contribution in [3.8, 4) is 0 Å². The predicted molar refractivity (Wildman–Crippen MR) is 79.9 cm³/mol. The molecule has 1 aromatic carbocycles. The van der Waals surface area contributed by atoms with Gasteiger partial charge in [0, 0.05) is 10.0 Å². The summed E-state index contributed by atoms with van der Waals surface area (Å²) < 4.78 is 29.5. The van der Waals surface area contributed by atoms with Gasteiger partial charge in [-0.2, -0.15) is 0 Å². The molecule has 1 rings (SSSR count). The van der Waals surface area contributed by atoms with Gasteiger partial charge in [-0.1, -0.05) is 23.2 Å². The van der Waals surface area contributed by atoms with Gasteiger partial charge in [0.2, 0.25) is 10.0 Å². The molecule has 0 N–H and O–H groups in total. The molecular formula is C12H15Cl2NO4S. The van der Waals surface area contributed by atoms with Crippen LogP contribution in [0.3, 0.4) is 0 Å². The molecule has 0 aliphatic rings.